The summed E-state index contributed by atoms with van der Waals surface area (Å²) in [6.45, 7) is 7.46. The first kappa shape index (κ1) is 32.7. The molecule has 0 aliphatic rings. The lowest BCUT2D eigenvalue weighted by atomic mass is 9.84. The summed E-state index contributed by atoms with van der Waals surface area (Å²) in [6, 6.07) is 67.4. The molecule has 0 radical (unpaired) electrons. The van der Waals surface area contributed by atoms with E-state index in [1.54, 1.807) is 6.08 Å². The molecule has 0 fully saturated rings. The third-order valence-corrected chi connectivity index (χ3v) is 11.2. The number of aromatic nitrogens is 1. The van der Waals surface area contributed by atoms with E-state index in [0.29, 0.717) is 0 Å². The van der Waals surface area contributed by atoms with E-state index < -0.39 is 0 Å². The number of nitrogens with zero attached hydrogens (tertiary/aromatic N) is 1. The van der Waals surface area contributed by atoms with Gasteiger partial charge >= 0.3 is 0 Å². The molecule has 11 aromatic rings. The van der Waals surface area contributed by atoms with Gasteiger partial charge in [0.05, 0.1) is 11.0 Å². The Morgan fingerprint density at radius 3 is 1.55 bits per heavy atom. The zero-order valence-corrected chi connectivity index (χ0v) is 31.1. The molecule has 0 spiro atoms. The zero-order valence-electron chi connectivity index (χ0n) is 31.1. The molecule has 260 valence electrons. The minimum absolute atomic E-state index is 1.16. The third kappa shape index (κ3) is 5.16. The van der Waals surface area contributed by atoms with Crippen molar-refractivity contribution in [3.05, 3.63) is 200 Å². The highest BCUT2D eigenvalue weighted by Crippen LogP contribution is 2.47. The fraction of sp³-hybridized carbons (Fsp3) is 0.0370. The molecule has 0 bridgehead atoms. The van der Waals surface area contributed by atoms with Crippen molar-refractivity contribution in [2.24, 2.45) is 0 Å². The van der Waals surface area contributed by atoms with Gasteiger partial charge in [-0.25, -0.2) is 0 Å². The van der Waals surface area contributed by atoms with Gasteiger partial charge in [0.2, 0.25) is 0 Å². The minimum Gasteiger partial charge on any atom is -0.309 e. The zero-order chi connectivity index (χ0) is 37.0. The smallest absolute Gasteiger partial charge is 0.0547 e. The summed E-state index contributed by atoms with van der Waals surface area (Å²) in [6.07, 6.45) is 1.75. The van der Waals surface area contributed by atoms with Gasteiger partial charge in [0.25, 0.3) is 0 Å². The van der Waals surface area contributed by atoms with Gasteiger partial charge in [-0.05, 0) is 114 Å². The van der Waals surface area contributed by atoms with Crippen LogP contribution in [0.2, 0.25) is 0 Å². The Balaban J connectivity index is 0.00000120. The normalized spacial score (nSPS) is 11.5. The van der Waals surface area contributed by atoms with Gasteiger partial charge in [0.1, 0.15) is 0 Å². The molecular weight excluding hydrogens is 663 g/mol. The lowest BCUT2D eigenvalue weighted by molar-refractivity contribution is 1.18. The fourth-order valence-corrected chi connectivity index (χ4v) is 8.96. The van der Waals surface area contributed by atoms with Gasteiger partial charge in [-0.15, -0.1) is 6.58 Å². The molecule has 1 heterocycles. The molecule has 0 aliphatic carbocycles. The largest absolute Gasteiger partial charge is 0.309 e. The maximum absolute atomic E-state index is 3.36. The lowest BCUT2D eigenvalue weighted by Gasteiger charge is -2.20. The summed E-state index contributed by atoms with van der Waals surface area (Å²) in [5, 5.41) is 15.3. The monoisotopic (exact) mass is 701 g/mol. The average molecular weight is 702 g/mol. The topological polar surface area (TPSA) is 4.93 Å². The van der Waals surface area contributed by atoms with Crippen molar-refractivity contribution >= 4 is 75.7 Å². The summed E-state index contributed by atoms with van der Waals surface area (Å²) in [7, 11) is 0. The number of benzene rings is 10. The Hall–Kier alpha value is -6.96. The maximum Gasteiger partial charge on any atom is 0.0547 e. The Morgan fingerprint density at radius 1 is 0.418 bits per heavy atom. The maximum atomic E-state index is 3.36. The molecule has 1 aromatic heterocycles. The highest BCUT2D eigenvalue weighted by molar-refractivity contribution is 6.29. The van der Waals surface area contributed by atoms with Crippen LogP contribution >= 0.6 is 0 Å². The van der Waals surface area contributed by atoms with Crippen LogP contribution in [0.1, 0.15) is 12.5 Å². The van der Waals surface area contributed by atoms with Crippen molar-refractivity contribution in [1.29, 1.82) is 0 Å². The van der Waals surface area contributed by atoms with Crippen LogP contribution in [0.4, 0.5) is 0 Å². The predicted octanol–water partition coefficient (Wildman–Crippen LogP) is 15.4. The van der Waals surface area contributed by atoms with Crippen LogP contribution < -0.4 is 0 Å². The van der Waals surface area contributed by atoms with E-state index in [2.05, 4.69) is 200 Å². The molecule has 0 saturated carbocycles. The van der Waals surface area contributed by atoms with Crippen molar-refractivity contribution in [2.45, 2.75) is 13.8 Å². The van der Waals surface area contributed by atoms with Gasteiger partial charge in [0, 0.05) is 16.5 Å². The first-order valence-corrected chi connectivity index (χ1v) is 19.1. The molecular formula is C54H39N. The summed E-state index contributed by atoms with van der Waals surface area (Å²) in [4.78, 5) is 0. The van der Waals surface area contributed by atoms with E-state index in [0.717, 1.165) is 5.69 Å². The fourth-order valence-electron chi connectivity index (χ4n) is 8.96. The molecule has 10 aromatic carbocycles. The second kappa shape index (κ2) is 13.2. The van der Waals surface area contributed by atoms with E-state index in [1.807, 2.05) is 6.92 Å². The van der Waals surface area contributed by atoms with E-state index in [4.69, 9.17) is 0 Å². The van der Waals surface area contributed by atoms with Crippen molar-refractivity contribution < 1.29 is 0 Å². The van der Waals surface area contributed by atoms with Crippen LogP contribution in [0.15, 0.2) is 195 Å². The molecule has 0 saturated heterocycles. The van der Waals surface area contributed by atoms with Crippen molar-refractivity contribution in [1.82, 2.24) is 4.57 Å². The standard InChI is InChI=1S/C51H33N.C3H6/c1-32-24-27-44-45(30-32)49(41-23-11-15-33-12-2-5-18-38(33)41)43-22-9-8-21-42(43)48(44)36-16-10-17-37(31-36)52-46-28-25-34-13-3-6-19-39(34)50(46)51-40-20-7-4-14-35(40)26-29-47(51)52;1-3-2/h2-31H,1H3;3H,1H2,2H3. The summed E-state index contributed by atoms with van der Waals surface area (Å²) >= 11 is 0. The average Bonchev–Trinajstić information content (AvgIpc) is 3.58. The molecule has 0 atom stereocenters. The van der Waals surface area contributed by atoms with Crippen LogP contribution in [0.5, 0.6) is 0 Å². The summed E-state index contributed by atoms with van der Waals surface area (Å²) < 4.78 is 2.48. The van der Waals surface area contributed by atoms with E-state index in [1.165, 1.54) is 103 Å². The molecule has 0 unspecified atom stereocenters. The molecule has 1 nitrogen and oxygen atoms in total. The van der Waals surface area contributed by atoms with E-state index in [9.17, 15) is 0 Å². The van der Waals surface area contributed by atoms with Crippen LogP contribution in [-0.2, 0) is 0 Å². The van der Waals surface area contributed by atoms with Crippen molar-refractivity contribution in [2.75, 3.05) is 0 Å². The number of allylic oxidation sites excluding steroid dienone is 1. The number of hydrogen-bond donors (Lipinski definition) is 0. The van der Waals surface area contributed by atoms with E-state index in [-0.39, 0.29) is 0 Å². The minimum atomic E-state index is 1.16. The second-order valence-corrected chi connectivity index (χ2v) is 14.5. The van der Waals surface area contributed by atoms with Crippen LogP contribution in [0.25, 0.3) is 104 Å². The Bertz CT molecular complexity index is 3210. The van der Waals surface area contributed by atoms with E-state index >= 15 is 0 Å². The SMILES string of the molecule is C=CC.Cc1ccc2c(-c3cccc(-n4c5ccc6ccccc6c5c5c6ccccc6ccc54)c3)c3ccccc3c(-c3cccc4ccccc34)c2c1. The number of hydrogen-bond acceptors (Lipinski definition) is 0. The van der Waals surface area contributed by atoms with Crippen molar-refractivity contribution in [3.8, 4) is 27.9 Å². The van der Waals surface area contributed by atoms with Gasteiger partial charge in [0.15, 0.2) is 0 Å². The summed E-state index contributed by atoms with van der Waals surface area (Å²) in [5.41, 5.74) is 9.91. The number of rotatable bonds is 3. The second-order valence-electron chi connectivity index (χ2n) is 14.5. The van der Waals surface area contributed by atoms with Crippen LogP contribution in [-0.4, -0.2) is 4.57 Å². The number of aryl methyl sites for hydroxylation is 1. The first-order chi connectivity index (χ1) is 27.1. The van der Waals surface area contributed by atoms with Gasteiger partial charge < -0.3 is 4.57 Å². The highest BCUT2D eigenvalue weighted by atomic mass is 15.0. The molecule has 11 rings (SSSR count). The Morgan fingerprint density at radius 2 is 0.909 bits per heavy atom. The highest BCUT2D eigenvalue weighted by Gasteiger charge is 2.21. The summed E-state index contributed by atoms with van der Waals surface area (Å²) in [5.74, 6) is 0. The van der Waals surface area contributed by atoms with Gasteiger partial charge in [-0.3, -0.25) is 0 Å². The van der Waals surface area contributed by atoms with Crippen LogP contribution in [0.3, 0.4) is 0 Å². The molecule has 0 amide bonds. The molecule has 1 heteroatoms. The predicted molar refractivity (Wildman–Crippen MR) is 240 cm³/mol. The Kier molecular flexibility index (Phi) is 7.82. The molecule has 55 heavy (non-hydrogen) atoms. The molecule has 0 aliphatic heterocycles. The number of fused-ring (bicyclic) bond motifs is 10. The third-order valence-electron chi connectivity index (χ3n) is 11.2. The van der Waals surface area contributed by atoms with Gasteiger partial charge in [-0.1, -0.05) is 169 Å². The Labute approximate surface area is 321 Å². The van der Waals surface area contributed by atoms with Crippen molar-refractivity contribution in [3.63, 3.8) is 0 Å². The van der Waals surface area contributed by atoms with Gasteiger partial charge in [-0.2, -0.15) is 0 Å². The first-order valence-electron chi connectivity index (χ1n) is 19.1. The molecule has 0 N–H and O–H groups in total. The lowest BCUT2D eigenvalue weighted by Crippen LogP contribution is -1.96. The quantitative estimate of drug-likeness (QED) is 0.128. The van der Waals surface area contributed by atoms with Crippen LogP contribution in [0, 0.1) is 6.92 Å².